The summed E-state index contributed by atoms with van der Waals surface area (Å²) >= 11 is 0. The van der Waals surface area contributed by atoms with E-state index in [-0.39, 0.29) is 12.2 Å². The average Bonchev–Trinajstić information content (AvgIpc) is 3.04. The van der Waals surface area contributed by atoms with Crippen LogP contribution in [0, 0.1) is 10.1 Å². The van der Waals surface area contributed by atoms with E-state index < -0.39 is 28.1 Å². The maximum absolute atomic E-state index is 12.9. The summed E-state index contributed by atoms with van der Waals surface area (Å²) in [6.45, 7) is 3.60. The molecule has 1 atom stereocenters. The molecule has 0 saturated heterocycles. The van der Waals surface area contributed by atoms with Gasteiger partial charge in [0.25, 0.3) is 0 Å². The van der Waals surface area contributed by atoms with Gasteiger partial charge in [0.15, 0.2) is 0 Å². The summed E-state index contributed by atoms with van der Waals surface area (Å²) in [6, 6.07) is 0. The van der Waals surface area contributed by atoms with Gasteiger partial charge < -0.3 is 4.74 Å². The number of nitrogens with zero attached hydrogens (tertiary/aromatic N) is 5. The van der Waals surface area contributed by atoms with Gasteiger partial charge in [-0.2, -0.15) is 5.10 Å². The standard InChI is InChI=1S/C17H23N5O5/c1-5-6-9-20-16(23)15(22(25)26)14(21(17(20)24)12(2)27-4)8-7-13-10-18-19(3)11-13/h7-8,10-12H,5-6,9H2,1-4H3/b8-7+. The molecule has 10 heteroatoms. The Morgan fingerprint density at radius 1 is 1.37 bits per heavy atom. The summed E-state index contributed by atoms with van der Waals surface area (Å²) in [5.41, 5.74) is -1.65. The third-order valence-corrected chi connectivity index (χ3v) is 4.17. The number of rotatable bonds is 8. The van der Waals surface area contributed by atoms with E-state index in [4.69, 9.17) is 4.74 Å². The number of methoxy groups -OCH3 is 1. The lowest BCUT2D eigenvalue weighted by Gasteiger charge is -2.18. The van der Waals surface area contributed by atoms with Crippen molar-refractivity contribution >= 4 is 17.8 Å². The first-order valence-corrected chi connectivity index (χ1v) is 8.55. The molecule has 146 valence electrons. The van der Waals surface area contributed by atoms with Crippen molar-refractivity contribution in [2.45, 2.75) is 39.5 Å². The van der Waals surface area contributed by atoms with Gasteiger partial charge in [0.1, 0.15) is 11.9 Å². The van der Waals surface area contributed by atoms with Gasteiger partial charge in [0.2, 0.25) is 0 Å². The molecule has 0 fully saturated rings. The maximum atomic E-state index is 12.9. The second kappa shape index (κ2) is 8.58. The summed E-state index contributed by atoms with van der Waals surface area (Å²) < 4.78 is 8.82. The summed E-state index contributed by atoms with van der Waals surface area (Å²) in [7, 11) is 3.12. The first-order valence-electron chi connectivity index (χ1n) is 8.55. The van der Waals surface area contributed by atoms with Crippen molar-refractivity contribution in [1.29, 1.82) is 0 Å². The quantitative estimate of drug-likeness (QED) is 0.512. The largest absolute Gasteiger partial charge is 0.361 e. The molecule has 0 aromatic carbocycles. The topological polar surface area (TPSA) is 114 Å². The van der Waals surface area contributed by atoms with Gasteiger partial charge >= 0.3 is 16.9 Å². The number of ether oxygens (including phenoxy) is 1. The van der Waals surface area contributed by atoms with E-state index in [0.717, 1.165) is 15.6 Å². The van der Waals surface area contributed by atoms with Crippen LogP contribution >= 0.6 is 0 Å². The minimum absolute atomic E-state index is 0.109. The molecule has 2 heterocycles. The Morgan fingerprint density at radius 2 is 2.07 bits per heavy atom. The SMILES string of the molecule is CCCCn1c(=O)c([N+](=O)[O-])c(/C=C/c2cnn(C)c2)n(C(C)OC)c1=O. The van der Waals surface area contributed by atoms with Crippen LogP contribution in [0.5, 0.6) is 0 Å². The van der Waals surface area contributed by atoms with Gasteiger partial charge in [0.05, 0.1) is 11.1 Å². The monoisotopic (exact) mass is 377 g/mol. The zero-order valence-electron chi connectivity index (χ0n) is 15.8. The number of aromatic nitrogens is 4. The second-order valence-electron chi connectivity index (χ2n) is 6.07. The lowest BCUT2D eigenvalue weighted by Crippen LogP contribution is -2.43. The first kappa shape index (κ1) is 20.3. The number of hydrogen-bond acceptors (Lipinski definition) is 6. The van der Waals surface area contributed by atoms with Crippen molar-refractivity contribution in [1.82, 2.24) is 18.9 Å². The van der Waals surface area contributed by atoms with Crippen molar-refractivity contribution in [3.8, 4) is 0 Å². The normalized spacial score (nSPS) is 12.6. The highest BCUT2D eigenvalue weighted by Gasteiger charge is 2.28. The highest BCUT2D eigenvalue weighted by molar-refractivity contribution is 5.71. The number of hydrogen-bond donors (Lipinski definition) is 0. The molecule has 0 radical (unpaired) electrons. The van der Waals surface area contributed by atoms with Crippen LogP contribution in [0.1, 0.15) is 44.2 Å². The van der Waals surface area contributed by atoms with Crippen LogP contribution < -0.4 is 11.2 Å². The van der Waals surface area contributed by atoms with Crippen LogP contribution in [0.3, 0.4) is 0 Å². The molecular weight excluding hydrogens is 354 g/mol. The third-order valence-electron chi connectivity index (χ3n) is 4.17. The summed E-state index contributed by atoms with van der Waals surface area (Å²) in [5, 5.41) is 15.7. The van der Waals surface area contributed by atoms with E-state index in [9.17, 15) is 19.7 Å². The smallest absolute Gasteiger partial charge is 0.357 e. The highest BCUT2D eigenvalue weighted by Crippen LogP contribution is 2.19. The molecule has 0 spiro atoms. The summed E-state index contributed by atoms with van der Waals surface area (Å²) in [4.78, 5) is 36.4. The van der Waals surface area contributed by atoms with E-state index in [1.807, 2.05) is 6.92 Å². The molecule has 0 saturated carbocycles. The zero-order valence-corrected chi connectivity index (χ0v) is 15.8. The van der Waals surface area contributed by atoms with Crippen LogP contribution in [-0.2, 0) is 18.3 Å². The van der Waals surface area contributed by atoms with Gasteiger partial charge in [-0.15, -0.1) is 0 Å². The highest BCUT2D eigenvalue weighted by atomic mass is 16.6. The lowest BCUT2D eigenvalue weighted by atomic mass is 10.2. The van der Waals surface area contributed by atoms with Crippen molar-refractivity contribution in [3.63, 3.8) is 0 Å². The fourth-order valence-corrected chi connectivity index (χ4v) is 2.67. The van der Waals surface area contributed by atoms with E-state index in [0.29, 0.717) is 12.0 Å². The summed E-state index contributed by atoms with van der Waals surface area (Å²) in [5.74, 6) is 0. The van der Waals surface area contributed by atoms with Crippen LogP contribution in [0.4, 0.5) is 5.69 Å². The van der Waals surface area contributed by atoms with Gasteiger partial charge in [-0.25, -0.2) is 4.79 Å². The van der Waals surface area contributed by atoms with Crippen LogP contribution in [0.25, 0.3) is 12.2 Å². The Balaban J connectivity index is 2.78. The molecule has 2 aromatic rings. The Kier molecular flexibility index (Phi) is 6.45. The number of nitro groups is 1. The van der Waals surface area contributed by atoms with E-state index in [1.54, 1.807) is 37.1 Å². The average molecular weight is 377 g/mol. The van der Waals surface area contributed by atoms with Gasteiger partial charge in [-0.3, -0.25) is 28.7 Å². The molecule has 0 aliphatic carbocycles. The molecule has 0 aliphatic rings. The Labute approximate surface area is 155 Å². The van der Waals surface area contributed by atoms with Crippen LogP contribution in [0.15, 0.2) is 22.0 Å². The molecule has 0 aliphatic heterocycles. The predicted octanol–water partition coefficient (Wildman–Crippen LogP) is 1.79. The van der Waals surface area contributed by atoms with Crippen molar-refractivity contribution in [3.05, 3.63) is 54.6 Å². The Morgan fingerprint density at radius 3 is 2.59 bits per heavy atom. The molecule has 10 nitrogen and oxygen atoms in total. The Bertz CT molecular complexity index is 969. The third kappa shape index (κ3) is 4.22. The molecule has 0 amide bonds. The molecule has 2 rings (SSSR count). The van der Waals surface area contributed by atoms with Crippen LogP contribution in [0.2, 0.25) is 0 Å². The van der Waals surface area contributed by atoms with E-state index in [1.165, 1.54) is 13.2 Å². The number of aryl methyl sites for hydroxylation is 1. The van der Waals surface area contributed by atoms with E-state index >= 15 is 0 Å². The first-order chi connectivity index (χ1) is 12.8. The predicted molar refractivity (Wildman–Crippen MR) is 100 cm³/mol. The molecular formula is C17H23N5O5. The molecule has 0 N–H and O–H groups in total. The van der Waals surface area contributed by atoms with Crippen molar-refractivity contribution in [2.75, 3.05) is 7.11 Å². The molecule has 27 heavy (non-hydrogen) atoms. The van der Waals surface area contributed by atoms with Crippen molar-refractivity contribution < 1.29 is 9.66 Å². The van der Waals surface area contributed by atoms with Crippen LogP contribution in [-0.4, -0.2) is 30.9 Å². The minimum atomic E-state index is -0.913. The maximum Gasteiger partial charge on any atom is 0.357 e. The molecule has 1 unspecified atom stereocenters. The van der Waals surface area contributed by atoms with Gasteiger partial charge in [-0.05, 0) is 25.5 Å². The second-order valence-corrected chi connectivity index (χ2v) is 6.07. The van der Waals surface area contributed by atoms with Gasteiger partial charge in [0, 0.05) is 32.5 Å². The zero-order chi connectivity index (χ0) is 20.1. The number of unbranched alkanes of at least 4 members (excludes halogenated alkanes) is 1. The molecule has 0 bridgehead atoms. The fourth-order valence-electron chi connectivity index (χ4n) is 2.67. The fraction of sp³-hybridized carbons (Fsp3) is 0.471. The Hall–Kier alpha value is -3.01. The minimum Gasteiger partial charge on any atom is -0.361 e. The molecule has 2 aromatic heterocycles. The van der Waals surface area contributed by atoms with Crippen molar-refractivity contribution in [2.24, 2.45) is 7.05 Å². The van der Waals surface area contributed by atoms with E-state index in [2.05, 4.69) is 5.10 Å². The lowest BCUT2D eigenvalue weighted by molar-refractivity contribution is -0.387. The summed E-state index contributed by atoms with van der Waals surface area (Å²) in [6.07, 6.45) is 6.69. The van der Waals surface area contributed by atoms with Gasteiger partial charge in [-0.1, -0.05) is 13.3 Å².